The molecule has 1 spiro atoms. The number of hydrogen-bond donors (Lipinski definition) is 0. The first kappa shape index (κ1) is 6.44. The average molecular weight is 154 g/mol. The summed E-state index contributed by atoms with van der Waals surface area (Å²) in [6.07, 6.45) is 4.82. The molecular weight excluding hydrogens is 140 g/mol. The van der Waals surface area contributed by atoms with E-state index in [-0.39, 0.29) is 5.60 Å². The predicted molar refractivity (Wildman–Crippen MR) is 40.4 cm³/mol. The first-order chi connectivity index (χ1) is 5.30. The Morgan fingerprint density at radius 2 is 2.18 bits per heavy atom. The van der Waals surface area contributed by atoms with Crippen molar-refractivity contribution < 1.29 is 9.47 Å². The fourth-order valence-corrected chi connectivity index (χ4v) is 2.58. The van der Waals surface area contributed by atoms with Gasteiger partial charge in [0.1, 0.15) is 0 Å². The Morgan fingerprint density at radius 3 is 2.82 bits per heavy atom. The largest absolute Gasteiger partial charge is 0.374 e. The first-order valence-electron chi connectivity index (χ1n) is 4.60. The van der Waals surface area contributed by atoms with Crippen molar-refractivity contribution in [1.82, 2.24) is 0 Å². The molecule has 0 radical (unpaired) electrons. The predicted octanol–water partition coefficient (Wildman–Crippen LogP) is 1.34. The fourth-order valence-electron chi connectivity index (χ4n) is 2.58. The zero-order chi connectivity index (χ0) is 7.47. The molecule has 3 rings (SSSR count). The molecule has 0 aromatic carbocycles. The van der Waals surface area contributed by atoms with Crippen LogP contribution in [-0.2, 0) is 9.47 Å². The van der Waals surface area contributed by atoms with E-state index in [1.54, 1.807) is 0 Å². The molecule has 2 nitrogen and oxygen atoms in total. The summed E-state index contributed by atoms with van der Waals surface area (Å²) < 4.78 is 11.2. The minimum absolute atomic E-state index is 0.248. The van der Waals surface area contributed by atoms with Crippen LogP contribution in [0.25, 0.3) is 0 Å². The van der Waals surface area contributed by atoms with Crippen molar-refractivity contribution in [3.8, 4) is 0 Å². The van der Waals surface area contributed by atoms with Crippen LogP contribution in [-0.4, -0.2) is 24.4 Å². The van der Waals surface area contributed by atoms with E-state index in [1.807, 2.05) is 0 Å². The lowest BCUT2D eigenvalue weighted by Crippen LogP contribution is -2.52. The van der Waals surface area contributed by atoms with E-state index in [0.717, 1.165) is 12.5 Å². The van der Waals surface area contributed by atoms with Gasteiger partial charge in [-0.25, -0.2) is 0 Å². The van der Waals surface area contributed by atoms with Gasteiger partial charge in [-0.2, -0.15) is 0 Å². The maximum Gasteiger partial charge on any atom is 0.0869 e. The molecule has 3 aliphatic rings. The highest BCUT2D eigenvalue weighted by molar-refractivity contribution is 5.06. The number of epoxide rings is 1. The van der Waals surface area contributed by atoms with Crippen molar-refractivity contribution in [3.05, 3.63) is 0 Å². The van der Waals surface area contributed by atoms with E-state index >= 15 is 0 Å². The second-order valence-electron chi connectivity index (χ2n) is 4.22. The molecule has 1 aliphatic carbocycles. The highest BCUT2D eigenvalue weighted by Gasteiger charge is 2.57. The Hall–Kier alpha value is -0.0800. The van der Waals surface area contributed by atoms with Gasteiger partial charge in [-0.1, -0.05) is 6.92 Å². The summed E-state index contributed by atoms with van der Waals surface area (Å²) in [6.45, 7) is 3.28. The van der Waals surface area contributed by atoms with Crippen LogP contribution < -0.4 is 0 Å². The maximum absolute atomic E-state index is 5.69. The van der Waals surface area contributed by atoms with Crippen LogP contribution in [0.1, 0.15) is 26.2 Å². The smallest absolute Gasteiger partial charge is 0.0869 e. The van der Waals surface area contributed by atoms with E-state index in [0.29, 0.717) is 12.2 Å². The third kappa shape index (κ3) is 0.744. The standard InChI is InChI=1S/C9H14O2/c1-6-4-7-8(11-7)5-9(6)2-3-10-9/h6-8H,2-5H2,1H3. The molecule has 0 aromatic heterocycles. The second-order valence-corrected chi connectivity index (χ2v) is 4.22. The van der Waals surface area contributed by atoms with Crippen LogP contribution in [0.5, 0.6) is 0 Å². The summed E-state index contributed by atoms with van der Waals surface area (Å²) >= 11 is 0. The molecular formula is C9H14O2. The van der Waals surface area contributed by atoms with Crippen molar-refractivity contribution in [3.63, 3.8) is 0 Å². The topological polar surface area (TPSA) is 21.8 Å². The molecule has 2 heterocycles. The molecule has 3 fully saturated rings. The van der Waals surface area contributed by atoms with Gasteiger partial charge in [0.15, 0.2) is 0 Å². The Morgan fingerprint density at radius 1 is 1.36 bits per heavy atom. The lowest BCUT2D eigenvalue weighted by atomic mass is 9.72. The summed E-state index contributed by atoms with van der Waals surface area (Å²) in [7, 11) is 0. The van der Waals surface area contributed by atoms with Crippen molar-refractivity contribution in [2.24, 2.45) is 5.92 Å². The monoisotopic (exact) mass is 154 g/mol. The van der Waals surface area contributed by atoms with Crippen LogP contribution in [0.2, 0.25) is 0 Å². The summed E-state index contributed by atoms with van der Waals surface area (Å²) in [6, 6.07) is 0. The van der Waals surface area contributed by atoms with E-state index < -0.39 is 0 Å². The minimum Gasteiger partial charge on any atom is -0.374 e. The van der Waals surface area contributed by atoms with Crippen LogP contribution in [0.15, 0.2) is 0 Å². The van der Waals surface area contributed by atoms with Gasteiger partial charge in [-0.05, 0) is 12.3 Å². The molecule has 1 saturated carbocycles. The van der Waals surface area contributed by atoms with E-state index in [4.69, 9.17) is 9.47 Å². The average Bonchev–Trinajstić information content (AvgIpc) is 2.59. The van der Waals surface area contributed by atoms with E-state index in [2.05, 4.69) is 6.92 Å². The van der Waals surface area contributed by atoms with E-state index in [9.17, 15) is 0 Å². The number of rotatable bonds is 0. The molecule has 2 heteroatoms. The quantitative estimate of drug-likeness (QED) is 0.491. The van der Waals surface area contributed by atoms with Crippen molar-refractivity contribution in [2.75, 3.05) is 6.61 Å². The highest BCUT2D eigenvalue weighted by Crippen LogP contribution is 2.51. The fraction of sp³-hybridized carbons (Fsp3) is 1.00. The Kier molecular flexibility index (Phi) is 1.06. The summed E-state index contributed by atoms with van der Waals surface area (Å²) in [5.41, 5.74) is 0.248. The maximum atomic E-state index is 5.69. The van der Waals surface area contributed by atoms with E-state index in [1.165, 1.54) is 19.3 Å². The molecule has 0 aromatic rings. The van der Waals surface area contributed by atoms with Gasteiger partial charge in [0.05, 0.1) is 24.4 Å². The second kappa shape index (κ2) is 1.80. The van der Waals surface area contributed by atoms with Crippen LogP contribution in [0.3, 0.4) is 0 Å². The third-order valence-electron chi connectivity index (χ3n) is 3.63. The van der Waals surface area contributed by atoms with Crippen molar-refractivity contribution in [1.29, 1.82) is 0 Å². The Labute approximate surface area is 66.9 Å². The first-order valence-corrected chi connectivity index (χ1v) is 4.60. The Balaban J connectivity index is 1.81. The van der Waals surface area contributed by atoms with Crippen LogP contribution in [0.4, 0.5) is 0 Å². The SMILES string of the molecule is CC1CC2OC2CC12CCO2. The zero-order valence-electron chi connectivity index (χ0n) is 6.88. The normalized spacial score (nSPS) is 60.3. The molecule has 4 unspecified atom stereocenters. The van der Waals surface area contributed by atoms with Gasteiger partial charge in [0, 0.05) is 12.8 Å². The molecule has 2 aliphatic heterocycles. The molecule has 0 bridgehead atoms. The zero-order valence-corrected chi connectivity index (χ0v) is 6.88. The van der Waals surface area contributed by atoms with Gasteiger partial charge >= 0.3 is 0 Å². The van der Waals surface area contributed by atoms with Gasteiger partial charge < -0.3 is 9.47 Å². The minimum atomic E-state index is 0.248. The summed E-state index contributed by atoms with van der Waals surface area (Å²) in [4.78, 5) is 0. The highest BCUT2D eigenvalue weighted by atomic mass is 16.6. The van der Waals surface area contributed by atoms with Gasteiger partial charge in [0.25, 0.3) is 0 Å². The van der Waals surface area contributed by atoms with Gasteiger partial charge in [-0.15, -0.1) is 0 Å². The molecule has 62 valence electrons. The number of fused-ring (bicyclic) bond motifs is 1. The summed E-state index contributed by atoms with van der Waals surface area (Å²) in [5.74, 6) is 0.722. The lowest BCUT2D eigenvalue weighted by Gasteiger charge is -2.48. The molecule has 2 saturated heterocycles. The number of hydrogen-bond acceptors (Lipinski definition) is 2. The lowest BCUT2D eigenvalue weighted by molar-refractivity contribution is -0.188. The number of ether oxygens (including phenoxy) is 2. The van der Waals surface area contributed by atoms with Crippen LogP contribution in [0, 0.1) is 5.92 Å². The third-order valence-corrected chi connectivity index (χ3v) is 3.63. The molecule has 4 atom stereocenters. The van der Waals surface area contributed by atoms with Crippen LogP contribution >= 0.6 is 0 Å². The van der Waals surface area contributed by atoms with Gasteiger partial charge in [0.2, 0.25) is 0 Å². The molecule has 0 amide bonds. The molecule has 0 N–H and O–H groups in total. The van der Waals surface area contributed by atoms with Gasteiger partial charge in [-0.3, -0.25) is 0 Å². The molecule has 11 heavy (non-hydrogen) atoms. The van der Waals surface area contributed by atoms with Crippen molar-refractivity contribution in [2.45, 2.75) is 44.0 Å². The summed E-state index contributed by atoms with van der Waals surface area (Å²) in [5, 5.41) is 0. The van der Waals surface area contributed by atoms with Crippen molar-refractivity contribution >= 4 is 0 Å². The Bertz CT molecular complexity index is 186.